The van der Waals surface area contributed by atoms with Crippen LogP contribution in [0.15, 0.2) is 22.7 Å². The van der Waals surface area contributed by atoms with E-state index >= 15 is 0 Å². The fourth-order valence-electron chi connectivity index (χ4n) is 1.95. The highest BCUT2D eigenvalue weighted by Gasteiger charge is 2.15. The predicted octanol–water partition coefficient (Wildman–Crippen LogP) is 3.41. The van der Waals surface area contributed by atoms with E-state index in [1.807, 2.05) is 0 Å². The topological polar surface area (TPSA) is 24.1 Å². The number of anilines is 1. The SMILES string of the molecule is FC(F)c1ccc(NCC2CCNC2)c(Br)c1. The summed E-state index contributed by atoms with van der Waals surface area (Å²) in [5.74, 6) is 0.622. The first-order valence-corrected chi connectivity index (χ1v) is 6.48. The maximum absolute atomic E-state index is 12.5. The number of nitrogens with one attached hydrogen (secondary N) is 2. The molecule has 1 atom stereocenters. The lowest BCUT2D eigenvalue weighted by Gasteiger charge is -2.13. The molecule has 0 aliphatic carbocycles. The summed E-state index contributed by atoms with van der Waals surface area (Å²) in [5.41, 5.74) is 0.922. The summed E-state index contributed by atoms with van der Waals surface area (Å²) in [6.45, 7) is 2.97. The van der Waals surface area contributed by atoms with Crippen molar-refractivity contribution in [2.24, 2.45) is 5.92 Å². The third kappa shape index (κ3) is 3.39. The van der Waals surface area contributed by atoms with Crippen molar-refractivity contribution in [1.82, 2.24) is 5.32 Å². The van der Waals surface area contributed by atoms with Crippen molar-refractivity contribution >= 4 is 21.6 Å². The van der Waals surface area contributed by atoms with E-state index in [9.17, 15) is 8.78 Å². The molecule has 1 fully saturated rings. The average molecular weight is 305 g/mol. The van der Waals surface area contributed by atoms with Crippen LogP contribution in [0.5, 0.6) is 0 Å². The van der Waals surface area contributed by atoms with E-state index in [4.69, 9.17) is 0 Å². The van der Waals surface area contributed by atoms with Gasteiger partial charge < -0.3 is 10.6 Å². The molecule has 1 saturated heterocycles. The Bertz CT molecular complexity index is 379. The second-order valence-electron chi connectivity index (χ2n) is 4.28. The molecule has 0 amide bonds. The maximum Gasteiger partial charge on any atom is 0.263 e. The summed E-state index contributed by atoms with van der Waals surface area (Å²) < 4.78 is 25.6. The summed E-state index contributed by atoms with van der Waals surface area (Å²) in [5, 5.41) is 6.59. The molecule has 5 heteroatoms. The minimum atomic E-state index is -2.42. The van der Waals surface area contributed by atoms with Crippen LogP contribution in [0.25, 0.3) is 0 Å². The molecule has 0 aromatic heterocycles. The van der Waals surface area contributed by atoms with Crippen molar-refractivity contribution < 1.29 is 8.78 Å². The van der Waals surface area contributed by atoms with E-state index < -0.39 is 6.43 Å². The summed E-state index contributed by atoms with van der Waals surface area (Å²) in [6.07, 6.45) is -1.25. The molecule has 2 N–H and O–H groups in total. The van der Waals surface area contributed by atoms with E-state index in [1.165, 1.54) is 18.6 Å². The molecule has 17 heavy (non-hydrogen) atoms. The quantitative estimate of drug-likeness (QED) is 0.891. The molecule has 1 unspecified atom stereocenters. The van der Waals surface area contributed by atoms with Crippen molar-refractivity contribution in [1.29, 1.82) is 0 Å². The van der Waals surface area contributed by atoms with Gasteiger partial charge in [-0.3, -0.25) is 0 Å². The molecule has 94 valence electrons. The molecule has 2 rings (SSSR count). The van der Waals surface area contributed by atoms with Crippen LogP contribution in [0.1, 0.15) is 18.4 Å². The van der Waals surface area contributed by atoms with E-state index in [2.05, 4.69) is 26.6 Å². The highest BCUT2D eigenvalue weighted by atomic mass is 79.9. The first-order valence-electron chi connectivity index (χ1n) is 5.69. The Balaban J connectivity index is 1.96. The summed E-state index contributed by atoms with van der Waals surface area (Å²) in [7, 11) is 0. The number of halogens is 3. The zero-order valence-electron chi connectivity index (χ0n) is 9.35. The van der Waals surface area contributed by atoms with Gasteiger partial charge in [0, 0.05) is 22.3 Å². The van der Waals surface area contributed by atoms with Crippen LogP contribution in [0.2, 0.25) is 0 Å². The Kier molecular flexibility index (Phi) is 4.34. The van der Waals surface area contributed by atoms with Gasteiger partial charge in [-0.05, 0) is 53.5 Å². The van der Waals surface area contributed by atoms with Gasteiger partial charge in [0.1, 0.15) is 0 Å². The molecule has 1 aliphatic rings. The van der Waals surface area contributed by atoms with E-state index in [0.29, 0.717) is 10.4 Å². The average Bonchev–Trinajstić information content (AvgIpc) is 2.80. The number of benzene rings is 1. The van der Waals surface area contributed by atoms with Crippen molar-refractivity contribution in [2.75, 3.05) is 25.0 Å². The van der Waals surface area contributed by atoms with Crippen molar-refractivity contribution in [3.8, 4) is 0 Å². The van der Waals surface area contributed by atoms with E-state index in [1.54, 1.807) is 6.07 Å². The van der Waals surface area contributed by atoms with E-state index in [0.717, 1.165) is 25.3 Å². The van der Waals surface area contributed by atoms with Gasteiger partial charge in [-0.2, -0.15) is 0 Å². The van der Waals surface area contributed by atoms with Gasteiger partial charge in [-0.1, -0.05) is 6.07 Å². The van der Waals surface area contributed by atoms with Gasteiger partial charge in [0.25, 0.3) is 6.43 Å². The minimum absolute atomic E-state index is 0.0463. The lowest BCUT2D eigenvalue weighted by Crippen LogP contribution is -2.17. The molecule has 2 nitrogen and oxygen atoms in total. The first-order chi connectivity index (χ1) is 8.16. The highest BCUT2D eigenvalue weighted by molar-refractivity contribution is 9.10. The second-order valence-corrected chi connectivity index (χ2v) is 5.13. The monoisotopic (exact) mass is 304 g/mol. The zero-order chi connectivity index (χ0) is 12.3. The normalized spacial score (nSPS) is 19.9. The largest absolute Gasteiger partial charge is 0.384 e. The van der Waals surface area contributed by atoms with Gasteiger partial charge in [0.2, 0.25) is 0 Å². The third-order valence-electron chi connectivity index (χ3n) is 2.99. The fourth-order valence-corrected chi connectivity index (χ4v) is 2.49. The van der Waals surface area contributed by atoms with Crippen LogP contribution in [-0.2, 0) is 0 Å². The Hall–Kier alpha value is -0.680. The van der Waals surface area contributed by atoms with Crippen molar-refractivity contribution in [3.05, 3.63) is 28.2 Å². The Morgan fingerprint density at radius 1 is 1.47 bits per heavy atom. The second kappa shape index (κ2) is 5.78. The summed E-state index contributed by atoms with van der Waals surface area (Å²) in [4.78, 5) is 0. The molecule has 1 heterocycles. The number of hydrogen-bond donors (Lipinski definition) is 2. The smallest absolute Gasteiger partial charge is 0.263 e. The van der Waals surface area contributed by atoms with Crippen molar-refractivity contribution in [3.63, 3.8) is 0 Å². The van der Waals surface area contributed by atoms with Crippen LogP contribution in [-0.4, -0.2) is 19.6 Å². The molecule has 0 radical (unpaired) electrons. The zero-order valence-corrected chi connectivity index (χ0v) is 10.9. The lowest BCUT2D eigenvalue weighted by molar-refractivity contribution is 0.151. The summed E-state index contributed by atoms with van der Waals surface area (Å²) >= 11 is 3.31. The van der Waals surface area contributed by atoms with E-state index in [-0.39, 0.29) is 5.56 Å². The third-order valence-corrected chi connectivity index (χ3v) is 3.64. The van der Waals surface area contributed by atoms with Crippen LogP contribution in [0, 0.1) is 5.92 Å². The van der Waals surface area contributed by atoms with Gasteiger partial charge in [0.15, 0.2) is 0 Å². The Labute approximate surface area is 108 Å². The Morgan fingerprint density at radius 2 is 2.29 bits per heavy atom. The first kappa shape index (κ1) is 12.8. The standard InChI is InChI=1S/C12H15BrF2N2/c13-10-5-9(12(14)15)1-2-11(10)17-7-8-3-4-16-6-8/h1-2,5,8,12,16-17H,3-4,6-7H2. The molecule has 1 aromatic rings. The predicted molar refractivity (Wildman–Crippen MR) is 68.6 cm³/mol. The van der Waals surface area contributed by atoms with Crippen LogP contribution < -0.4 is 10.6 Å². The van der Waals surface area contributed by atoms with Gasteiger partial charge >= 0.3 is 0 Å². The molecule has 0 saturated carbocycles. The summed E-state index contributed by atoms with van der Waals surface area (Å²) in [6, 6.07) is 4.64. The molecular weight excluding hydrogens is 290 g/mol. The number of hydrogen-bond acceptors (Lipinski definition) is 2. The van der Waals surface area contributed by atoms with Gasteiger partial charge in [0.05, 0.1) is 0 Å². The molecule has 0 spiro atoms. The van der Waals surface area contributed by atoms with Crippen LogP contribution in [0.4, 0.5) is 14.5 Å². The van der Waals surface area contributed by atoms with Crippen LogP contribution >= 0.6 is 15.9 Å². The van der Waals surface area contributed by atoms with Gasteiger partial charge in [-0.15, -0.1) is 0 Å². The molecular formula is C12H15BrF2N2. The molecule has 1 aliphatic heterocycles. The number of alkyl halides is 2. The Morgan fingerprint density at radius 3 is 2.88 bits per heavy atom. The molecule has 0 bridgehead atoms. The number of rotatable bonds is 4. The lowest BCUT2D eigenvalue weighted by atomic mass is 10.1. The minimum Gasteiger partial charge on any atom is -0.384 e. The maximum atomic E-state index is 12.5. The molecule has 1 aromatic carbocycles. The van der Waals surface area contributed by atoms with Crippen molar-refractivity contribution in [2.45, 2.75) is 12.8 Å². The van der Waals surface area contributed by atoms with Crippen LogP contribution in [0.3, 0.4) is 0 Å². The fraction of sp³-hybridized carbons (Fsp3) is 0.500. The van der Waals surface area contributed by atoms with Gasteiger partial charge in [-0.25, -0.2) is 8.78 Å². The highest BCUT2D eigenvalue weighted by Crippen LogP contribution is 2.28.